The van der Waals surface area contributed by atoms with Crippen molar-refractivity contribution >= 4 is 17.6 Å². The number of amidine groups is 1. The van der Waals surface area contributed by atoms with Crippen LogP contribution in [0.4, 0.5) is 5.69 Å². The monoisotopic (exact) mass is 232 g/mol. The Balaban J connectivity index is 2.34. The smallest absolute Gasteiger partial charge is 0.299 e. The maximum absolute atomic E-state index is 11.8. The first-order valence-corrected chi connectivity index (χ1v) is 5.80. The molecule has 1 aromatic rings. The third kappa shape index (κ3) is 2.30. The predicted molar refractivity (Wildman–Crippen MR) is 67.2 cm³/mol. The molecule has 90 valence electrons. The number of hydrogen-bond donors (Lipinski definition) is 0. The van der Waals surface area contributed by atoms with Gasteiger partial charge in [0.25, 0.3) is 11.9 Å². The van der Waals surface area contributed by atoms with Gasteiger partial charge in [0, 0.05) is 6.54 Å². The van der Waals surface area contributed by atoms with Crippen molar-refractivity contribution in [2.24, 2.45) is 4.99 Å². The Morgan fingerprint density at radius 3 is 2.88 bits per heavy atom. The van der Waals surface area contributed by atoms with Gasteiger partial charge in [0.2, 0.25) is 0 Å². The molecule has 4 nitrogen and oxygen atoms in total. The molecule has 0 aromatic heterocycles. The van der Waals surface area contributed by atoms with Gasteiger partial charge in [-0.15, -0.1) is 0 Å². The van der Waals surface area contributed by atoms with Crippen LogP contribution in [0.25, 0.3) is 0 Å². The normalized spacial score (nSPS) is 17.6. The summed E-state index contributed by atoms with van der Waals surface area (Å²) >= 11 is 0. The Hall–Kier alpha value is -1.84. The highest BCUT2D eigenvalue weighted by Gasteiger charge is 2.31. The van der Waals surface area contributed by atoms with E-state index in [4.69, 9.17) is 4.74 Å². The molecule has 17 heavy (non-hydrogen) atoms. The second-order valence-electron chi connectivity index (χ2n) is 3.97. The molecule has 0 atom stereocenters. The third-order valence-electron chi connectivity index (χ3n) is 2.59. The second kappa shape index (κ2) is 4.99. The number of rotatable bonds is 3. The van der Waals surface area contributed by atoms with Gasteiger partial charge in [-0.1, -0.05) is 25.1 Å². The van der Waals surface area contributed by atoms with E-state index in [0.717, 1.165) is 17.7 Å². The molecule has 0 aliphatic carbocycles. The van der Waals surface area contributed by atoms with Crippen molar-refractivity contribution in [3.63, 3.8) is 0 Å². The first kappa shape index (κ1) is 11.6. The van der Waals surface area contributed by atoms with E-state index in [9.17, 15) is 4.79 Å². The van der Waals surface area contributed by atoms with Crippen molar-refractivity contribution in [1.29, 1.82) is 0 Å². The topological polar surface area (TPSA) is 41.9 Å². The molecular formula is C13H16N2O2. The van der Waals surface area contributed by atoms with Gasteiger partial charge in [-0.2, -0.15) is 0 Å². The van der Waals surface area contributed by atoms with Crippen LogP contribution in [0.1, 0.15) is 18.9 Å². The first-order valence-electron chi connectivity index (χ1n) is 5.80. The maximum atomic E-state index is 11.8. The Morgan fingerprint density at radius 1 is 1.41 bits per heavy atom. The molecule has 1 aromatic carbocycles. The van der Waals surface area contributed by atoms with E-state index in [1.54, 1.807) is 4.90 Å². The number of nitrogens with zero attached hydrogens (tertiary/aromatic N) is 2. The fourth-order valence-corrected chi connectivity index (χ4v) is 1.74. The van der Waals surface area contributed by atoms with Gasteiger partial charge in [0.1, 0.15) is 0 Å². The minimum absolute atomic E-state index is 0.0610. The standard InChI is InChI=1S/C13H16N2O2/c1-3-8-14-13-15(12(16)9-17-13)11-7-5-4-6-10(11)2/h4-7H,3,8-9H2,1-2H3. The lowest BCUT2D eigenvalue weighted by atomic mass is 10.2. The zero-order valence-corrected chi connectivity index (χ0v) is 10.1. The van der Waals surface area contributed by atoms with Crippen LogP contribution < -0.4 is 4.90 Å². The number of aryl methyl sites for hydroxylation is 1. The molecule has 1 saturated heterocycles. The summed E-state index contributed by atoms with van der Waals surface area (Å²) in [5, 5.41) is 0. The summed E-state index contributed by atoms with van der Waals surface area (Å²) in [5.41, 5.74) is 1.89. The minimum atomic E-state index is -0.0610. The van der Waals surface area contributed by atoms with Gasteiger partial charge < -0.3 is 4.74 Å². The van der Waals surface area contributed by atoms with E-state index in [1.807, 2.05) is 38.1 Å². The maximum Gasteiger partial charge on any atom is 0.299 e. The van der Waals surface area contributed by atoms with E-state index in [-0.39, 0.29) is 12.5 Å². The van der Waals surface area contributed by atoms with Crippen LogP contribution in [-0.2, 0) is 9.53 Å². The highest BCUT2D eigenvalue weighted by molar-refractivity contribution is 6.18. The fraction of sp³-hybridized carbons (Fsp3) is 0.385. The SMILES string of the molecule is CCCN=C1OCC(=O)N1c1ccccc1C. The summed E-state index contributed by atoms with van der Waals surface area (Å²) in [6.07, 6.45) is 0.933. The summed E-state index contributed by atoms with van der Waals surface area (Å²) in [5.74, 6) is -0.0610. The number of para-hydroxylation sites is 1. The van der Waals surface area contributed by atoms with Gasteiger partial charge in [-0.3, -0.25) is 4.79 Å². The summed E-state index contributed by atoms with van der Waals surface area (Å²) in [7, 11) is 0. The lowest BCUT2D eigenvalue weighted by Gasteiger charge is -2.16. The summed E-state index contributed by atoms with van der Waals surface area (Å²) in [4.78, 5) is 17.7. The Labute approximate surface area is 101 Å². The second-order valence-corrected chi connectivity index (χ2v) is 3.97. The quantitative estimate of drug-likeness (QED) is 0.801. The van der Waals surface area contributed by atoms with Crippen LogP contribution in [0.15, 0.2) is 29.3 Å². The summed E-state index contributed by atoms with van der Waals surface area (Å²) in [6, 6.07) is 8.15. The van der Waals surface area contributed by atoms with Crippen molar-refractivity contribution in [2.45, 2.75) is 20.3 Å². The molecule has 1 fully saturated rings. The average Bonchev–Trinajstić information content (AvgIpc) is 2.69. The molecule has 1 heterocycles. The van der Waals surface area contributed by atoms with Gasteiger partial charge in [0.05, 0.1) is 5.69 Å². The zero-order valence-electron chi connectivity index (χ0n) is 10.1. The third-order valence-corrected chi connectivity index (χ3v) is 2.59. The van der Waals surface area contributed by atoms with E-state index >= 15 is 0 Å². The molecule has 2 rings (SSSR count). The van der Waals surface area contributed by atoms with Crippen molar-refractivity contribution in [3.05, 3.63) is 29.8 Å². The Morgan fingerprint density at radius 2 is 2.18 bits per heavy atom. The lowest BCUT2D eigenvalue weighted by Crippen LogP contribution is -2.30. The molecule has 0 radical (unpaired) electrons. The predicted octanol–water partition coefficient (Wildman–Crippen LogP) is 2.12. The molecule has 0 unspecified atom stereocenters. The fourth-order valence-electron chi connectivity index (χ4n) is 1.74. The van der Waals surface area contributed by atoms with Crippen LogP contribution in [0.2, 0.25) is 0 Å². The summed E-state index contributed by atoms with van der Waals surface area (Å²) in [6.45, 7) is 4.76. The molecule has 0 bridgehead atoms. The molecule has 1 aliphatic rings. The number of anilines is 1. The van der Waals surface area contributed by atoms with Crippen LogP contribution in [0.3, 0.4) is 0 Å². The Kier molecular flexibility index (Phi) is 3.42. The van der Waals surface area contributed by atoms with E-state index in [2.05, 4.69) is 4.99 Å². The summed E-state index contributed by atoms with van der Waals surface area (Å²) < 4.78 is 5.32. The minimum Gasteiger partial charge on any atom is -0.454 e. The highest BCUT2D eigenvalue weighted by Crippen LogP contribution is 2.23. The molecule has 0 spiro atoms. The number of hydrogen-bond acceptors (Lipinski definition) is 3. The molecule has 0 N–H and O–H groups in total. The van der Waals surface area contributed by atoms with E-state index in [0.29, 0.717) is 12.6 Å². The number of aliphatic imine (C=N–C) groups is 1. The van der Waals surface area contributed by atoms with Crippen LogP contribution in [0, 0.1) is 6.92 Å². The van der Waals surface area contributed by atoms with Gasteiger partial charge in [0.15, 0.2) is 6.61 Å². The lowest BCUT2D eigenvalue weighted by molar-refractivity contribution is -0.117. The molecular weight excluding hydrogens is 216 g/mol. The average molecular weight is 232 g/mol. The van der Waals surface area contributed by atoms with Gasteiger partial charge >= 0.3 is 0 Å². The van der Waals surface area contributed by atoms with Crippen molar-refractivity contribution in [3.8, 4) is 0 Å². The van der Waals surface area contributed by atoms with Crippen LogP contribution in [-0.4, -0.2) is 25.1 Å². The number of ether oxygens (including phenoxy) is 1. The van der Waals surface area contributed by atoms with Crippen molar-refractivity contribution in [2.75, 3.05) is 18.1 Å². The number of carbonyl (C=O) groups is 1. The largest absolute Gasteiger partial charge is 0.454 e. The molecule has 0 saturated carbocycles. The molecule has 1 aliphatic heterocycles. The van der Waals surface area contributed by atoms with Crippen molar-refractivity contribution < 1.29 is 9.53 Å². The highest BCUT2D eigenvalue weighted by atomic mass is 16.5. The number of benzene rings is 1. The first-order chi connectivity index (χ1) is 8.24. The van der Waals surface area contributed by atoms with Crippen molar-refractivity contribution in [1.82, 2.24) is 0 Å². The van der Waals surface area contributed by atoms with E-state index < -0.39 is 0 Å². The van der Waals surface area contributed by atoms with E-state index in [1.165, 1.54) is 0 Å². The van der Waals surface area contributed by atoms with Crippen LogP contribution >= 0.6 is 0 Å². The number of amides is 1. The zero-order chi connectivity index (χ0) is 12.3. The van der Waals surface area contributed by atoms with Gasteiger partial charge in [-0.25, -0.2) is 9.89 Å². The van der Waals surface area contributed by atoms with Crippen LogP contribution in [0.5, 0.6) is 0 Å². The molecule has 1 amide bonds. The number of carbonyl (C=O) groups excluding carboxylic acids is 1. The Bertz CT molecular complexity index is 454. The van der Waals surface area contributed by atoms with Gasteiger partial charge in [-0.05, 0) is 25.0 Å². The molecule has 4 heteroatoms.